The fourth-order valence-electron chi connectivity index (χ4n) is 2.89. The van der Waals surface area contributed by atoms with Crippen molar-refractivity contribution in [1.29, 1.82) is 0 Å². The minimum absolute atomic E-state index is 0.0836. The second kappa shape index (κ2) is 7.45. The average Bonchev–Trinajstić information content (AvgIpc) is 2.54. The highest BCUT2D eigenvalue weighted by Gasteiger charge is 2.23. The van der Waals surface area contributed by atoms with Crippen molar-refractivity contribution >= 4 is 11.4 Å². The van der Waals surface area contributed by atoms with E-state index in [4.69, 9.17) is 4.74 Å². The molecule has 6 heteroatoms. The van der Waals surface area contributed by atoms with Crippen LogP contribution in [0.5, 0.6) is 5.75 Å². The number of methoxy groups -OCH3 is 1. The fraction of sp³-hybridized carbons (Fsp3) is 0.625. The molecule has 1 unspecified atom stereocenters. The number of hydrogen-bond donors (Lipinski definition) is 1. The molecule has 0 amide bonds. The van der Waals surface area contributed by atoms with Gasteiger partial charge in [0, 0.05) is 37.3 Å². The molecule has 22 heavy (non-hydrogen) atoms. The van der Waals surface area contributed by atoms with Crippen molar-refractivity contribution in [1.82, 2.24) is 4.90 Å². The number of non-ortho nitro benzene ring substituents is 1. The van der Waals surface area contributed by atoms with E-state index >= 15 is 0 Å². The normalized spacial score (nSPS) is 18.0. The smallest absolute Gasteiger partial charge is 0.271 e. The minimum atomic E-state index is -0.379. The van der Waals surface area contributed by atoms with E-state index in [2.05, 4.69) is 24.1 Å². The Labute approximate surface area is 131 Å². The number of nitro benzene ring substituents is 1. The van der Waals surface area contributed by atoms with Crippen LogP contribution in [0.25, 0.3) is 0 Å². The molecule has 0 bridgehead atoms. The van der Waals surface area contributed by atoms with Crippen LogP contribution in [0, 0.1) is 10.1 Å². The zero-order valence-electron chi connectivity index (χ0n) is 13.5. The highest BCUT2D eigenvalue weighted by molar-refractivity contribution is 5.62. The summed E-state index contributed by atoms with van der Waals surface area (Å²) in [5, 5.41) is 14.3. The molecule has 1 aromatic carbocycles. The van der Waals surface area contributed by atoms with Gasteiger partial charge in [0.1, 0.15) is 5.75 Å². The summed E-state index contributed by atoms with van der Waals surface area (Å²) in [7, 11) is 1.58. The molecule has 0 aliphatic carbocycles. The third-order valence-electron chi connectivity index (χ3n) is 4.50. The summed E-state index contributed by atoms with van der Waals surface area (Å²) < 4.78 is 5.30. The molecular formula is C16H25N3O3. The lowest BCUT2D eigenvalue weighted by Gasteiger charge is -2.36. The van der Waals surface area contributed by atoms with Gasteiger partial charge in [-0.2, -0.15) is 0 Å². The molecule has 0 aromatic heterocycles. The van der Waals surface area contributed by atoms with Gasteiger partial charge in [-0.1, -0.05) is 6.92 Å². The van der Waals surface area contributed by atoms with Gasteiger partial charge in [0.2, 0.25) is 0 Å². The molecule has 1 aliphatic heterocycles. The van der Waals surface area contributed by atoms with Gasteiger partial charge in [0.15, 0.2) is 0 Å². The van der Waals surface area contributed by atoms with E-state index < -0.39 is 0 Å². The fourth-order valence-corrected chi connectivity index (χ4v) is 2.89. The molecule has 1 heterocycles. The van der Waals surface area contributed by atoms with Crippen LogP contribution in [0.4, 0.5) is 11.4 Å². The third-order valence-corrected chi connectivity index (χ3v) is 4.50. The quantitative estimate of drug-likeness (QED) is 0.645. The number of nitrogens with one attached hydrogen (secondary N) is 1. The van der Waals surface area contributed by atoms with E-state index in [0.29, 0.717) is 23.5 Å². The SMILES string of the molecule is CCC(C)N1CCC(Nc2cc([N+](=O)[O-])ccc2OC)CC1. The lowest BCUT2D eigenvalue weighted by atomic mass is 10.0. The Morgan fingerprint density at radius 2 is 2.14 bits per heavy atom. The Balaban J connectivity index is 2.02. The van der Waals surface area contributed by atoms with Crippen molar-refractivity contribution < 1.29 is 9.66 Å². The van der Waals surface area contributed by atoms with Crippen molar-refractivity contribution in [2.24, 2.45) is 0 Å². The van der Waals surface area contributed by atoms with Crippen LogP contribution in [0.3, 0.4) is 0 Å². The third kappa shape index (κ3) is 3.88. The molecule has 1 fully saturated rings. The summed E-state index contributed by atoms with van der Waals surface area (Å²) in [6.45, 7) is 6.59. The maximum absolute atomic E-state index is 10.9. The Morgan fingerprint density at radius 3 is 2.68 bits per heavy atom. The van der Waals surface area contributed by atoms with Gasteiger partial charge in [-0.3, -0.25) is 10.1 Å². The first-order valence-corrected chi connectivity index (χ1v) is 7.88. The second-order valence-corrected chi connectivity index (χ2v) is 5.85. The predicted octanol–water partition coefficient (Wildman–Crippen LogP) is 3.28. The number of benzene rings is 1. The summed E-state index contributed by atoms with van der Waals surface area (Å²) >= 11 is 0. The molecule has 6 nitrogen and oxygen atoms in total. The van der Waals surface area contributed by atoms with Crippen LogP contribution in [0.1, 0.15) is 33.1 Å². The molecule has 1 aromatic rings. The Bertz CT molecular complexity index is 513. The number of ether oxygens (including phenoxy) is 1. The summed E-state index contributed by atoms with van der Waals surface area (Å²) in [4.78, 5) is 13.1. The standard InChI is InChI=1S/C16H25N3O3/c1-4-12(2)18-9-7-13(8-10-18)17-15-11-14(19(20)21)5-6-16(15)22-3/h5-6,11-13,17H,4,7-10H2,1-3H3. The van der Waals surface area contributed by atoms with Crippen molar-refractivity contribution in [2.75, 3.05) is 25.5 Å². The molecule has 1 atom stereocenters. The minimum Gasteiger partial charge on any atom is -0.495 e. The Kier molecular flexibility index (Phi) is 5.60. The van der Waals surface area contributed by atoms with Crippen molar-refractivity contribution in [3.63, 3.8) is 0 Å². The van der Waals surface area contributed by atoms with Gasteiger partial charge in [0.25, 0.3) is 5.69 Å². The summed E-state index contributed by atoms with van der Waals surface area (Å²) in [5.74, 6) is 0.648. The molecule has 1 aliphatic rings. The highest BCUT2D eigenvalue weighted by Crippen LogP contribution is 2.30. The molecule has 1 saturated heterocycles. The maximum atomic E-state index is 10.9. The van der Waals surface area contributed by atoms with E-state index in [9.17, 15) is 10.1 Å². The zero-order valence-corrected chi connectivity index (χ0v) is 13.5. The van der Waals surface area contributed by atoms with E-state index in [1.807, 2.05) is 0 Å². The van der Waals surface area contributed by atoms with E-state index in [-0.39, 0.29) is 10.6 Å². The molecule has 122 valence electrons. The molecule has 1 N–H and O–H groups in total. The van der Waals surface area contributed by atoms with Gasteiger partial charge in [-0.05, 0) is 32.3 Å². The Hall–Kier alpha value is -1.82. The molecule has 0 saturated carbocycles. The number of likely N-dealkylation sites (tertiary alicyclic amines) is 1. The van der Waals surface area contributed by atoms with Crippen molar-refractivity contribution in [3.8, 4) is 5.75 Å². The zero-order chi connectivity index (χ0) is 16.1. The maximum Gasteiger partial charge on any atom is 0.271 e. The monoisotopic (exact) mass is 307 g/mol. The summed E-state index contributed by atoms with van der Waals surface area (Å²) in [6.07, 6.45) is 3.24. The highest BCUT2D eigenvalue weighted by atomic mass is 16.6. The topological polar surface area (TPSA) is 67.6 Å². The number of piperidine rings is 1. The van der Waals surface area contributed by atoms with E-state index in [1.54, 1.807) is 19.2 Å². The van der Waals surface area contributed by atoms with Gasteiger partial charge >= 0.3 is 0 Å². The lowest BCUT2D eigenvalue weighted by Crippen LogP contribution is -2.43. The van der Waals surface area contributed by atoms with Crippen molar-refractivity contribution in [2.45, 2.75) is 45.2 Å². The van der Waals surface area contributed by atoms with Crippen molar-refractivity contribution in [3.05, 3.63) is 28.3 Å². The van der Waals surface area contributed by atoms with E-state index in [1.165, 1.54) is 6.07 Å². The number of nitrogens with zero attached hydrogens (tertiary/aromatic N) is 2. The first kappa shape index (κ1) is 16.5. The van der Waals surface area contributed by atoms with Gasteiger partial charge in [-0.15, -0.1) is 0 Å². The first-order valence-electron chi connectivity index (χ1n) is 7.88. The predicted molar refractivity (Wildman–Crippen MR) is 87.6 cm³/mol. The number of nitro groups is 1. The summed E-state index contributed by atoms with van der Waals surface area (Å²) in [5.41, 5.74) is 0.791. The van der Waals surface area contributed by atoms with Crippen LogP contribution < -0.4 is 10.1 Å². The van der Waals surface area contributed by atoms with Crippen LogP contribution in [0.15, 0.2) is 18.2 Å². The number of hydrogen-bond acceptors (Lipinski definition) is 5. The number of anilines is 1. The van der Waals surface area contributed by atoms with Crippen LogP contribution >= 0.6 is 0 Å². The molecule has 2 rings (SSSR count). The van der Waals surface area contributed by atoms with E-state index in [0.717, 1.165) is 32.4 Å². The van der Waals surface area contributed by atoms with Gasteiger partial charge in [0.05, 0.1) is 17.7 Å². The van der Waals surface area contributed by atoms with Crippen LogP contribution in [-0.4, -0.2) is 42.1 Å². The Morgan fingerprint density at radius 1 is 1.45 bits per heavy atom. The average molecular weight is 307 g/mol. The molecule has 0 spiro atoms. The van der Waals surface area contributed by atoms with Crippen LogP contribution in [0.2, 0.25) is 0 Å². The van der Waals surface area contributed by atoms with Gasteiger partial charge in [-0.25, -0.2) is 0 Å². The first-order chi connectivity index (χ1) is 10.5. The largest absolute Gasteiger partial charge is 0.495 e. The molecule has 0 radical (unpaired) electrons. The molecular weight excluding hydrogens is 282 g/mol. The summed E-state index contributed by atoms with van der Waals surface area (Å²) in [6, 6.07) is 5.62. The second-order valence-electron chi connectivity index (χ2n) is 5.85. The van der Waals surface area contributed by atoms with Crippen LogP contribution in [-0.2, 0) is 0 Å². The van der Waals surface area contributed by atoms with Gasteiger partial charge < -0.3 is 15.0 Å². The lowest BCUT2D eigenvalue weighted by molar-refractivity contribution is -0.384. The number of rotatable bonds is 6.